The van der Waals surface area contributed by atoms with E-state index in [9.17, 15) is 31.5 Å². The van der Waals surface area contributed by atoms with E-state index in [1.54, 1.807) is 18.4 Å². The minimum Gasteiger partial charge on any atom is -0.485 e. The topological polar surface area (TPSA) is 92.3 Å². The van der Waals surface area contributed by atoms with Crippen molar-refractivity contribution in [2.24, 2.45) is 0 Å². The third kappa shape index (κ3) is 7.32. The van der Waals surface area contributed by atoms with Crippen molar-refractivity contribution in [3.63, 3.8) is 0 Å². The SMILES string of the molecule is Cc1cc(-c2cc(Cl)cc(Cl)c2OCC(F)F)cnc1[C@@H](C)NC(=O)NNC(=O)C(F)(F)F. The highest BCUT2D eigenvalue weighted by molar-refractivity contribution is 6.36. The smallest absolute Gasteiger partial charge is 0.472 e. The lowest BCUT2D eigenvalue weighted by Crippen LogP contribution is -2.51. The van der Waals surface area contributed by atoms with Gasteiger partial charge in [-0.15, -0.1) is 0 Å². The quantitative estimate of drug-likeness (QED) is 0.375. The van der Waals surface area contributed by atoms with E-state index in [2.05, 4.69) is 10.3 Å². The molecule has 7 nitrogen and oxygen atoms in total. The second-order valence-electron chi connectivity index (χ2n) is 6.66. The fourth-order valence-electron chi connectivity index (χ4n) is 2.74. The molecule has 1 aromatic carbocycles. The minimum atomic E-state index is -5.16. The average Bonchev–Trinajstić information content (AvgIpc) is 2.69. The van der Waals surface area contributed by atoms with Crippen LogP contribution in [0.4, 0.5) is 26.7 Å². The number of hydrazine groups is 1. The number of amides is 3. The Kier molecular flexibility index (Phi) is 8.67. The van der Waals surface area contributed by atoms with Crippen LogP contribution in [-0.2, 0) is 4.79 Å². The number of nitrogens with zero attached hydrogens (tertiary/aromatic N) is 1. The van der Waals surface area contributed by atoms with Gasteiger partial charge in [0.1, 0.15) is 12.4 Å². The molecule has 0 fully saturated rings. The molecule has 0 radical (unpaired) electrons. The van der Waals surface area contributed by atoms with Crippen molar-refractivity contribution in [2.45, 2.75) is 32.5 Å². The number of aromatic nitrogens is 1. The maximum absolute atomic E-state index is 12.6. The molecule has 3 amide bonds. The van der Waals surface area contributed by atoms with Crippen molar-refractivity contribution >= 4 is 35.1 Å². The number of ether oxygens (including phenoxy) is 1. The van der Waals surface area contributed by atoms with Crippen LogP contribution in [-0.4, -0.2) is 36.1 Å². The molecule has 2 rings (SSSR count). The Balaban J connectivity index is 2.20. The maximum atomic E-state index is 12.6. The van der Waals surface area contributed by atoms with E-state index in [0.29, 0.717) is 22.4 Å². The summed E-state index contributed by atoms with van der Waals surface area (Å²) in [7, 11) is 0. The number of halogens is 7. The van der Waals surface area contributed by atoms with Crippen LogP contribution in [0.5, 0.6) is 5.75 Å². The number of carbonyl (C=O) groups is 2. The number of hydrogen-bond acceptors (Lipinski definition) is 4. The van der Waals surface area contributed by atoms with Gasteiger partial charge in [0, 0.05) is 22.3 Å². The van der Waals surface area contributed by atoms with E-state index in [4.69, 9.17) is 27.9 Å². The number of carbonyl (C=O) groups excluding carboxylic acids is 2. The molecule has 0 aliphatic carbocycles. The zero-order valence-electron chi connectivity index (χ0n) is 17.0. The molecule has 33 heavy (non-hydrogen) atoms. The monoisotopic (exact) mass is 514 g/mol. The second-order valence-corrected chi connectivity index (χ2v) is 7.51. The fraction of sp³-hybridized carbons (Fsp3) is 0.316. The highest BCUT2D eigenvalue weighted by Gasteiger charge is 2.39. The van der Waals surface area contributed by atoms with E-state index >= 15 is 0 Å². The van der Waals surface area contributed by atoms with Crippen LogP contribution in [0, 0.1) is 6.92 Å². The van der Waals surface area contributed by atoms with Gasteiger partial charge in [0.15, 0.2) is 0 Å². The van der Waals surface area contributed by atoms with E-state index in [0.717, 1.165) is 0 Å². The predicted octanol–water partition coefficient (Wildman–Crippen LogP) is 4.96. The van der Waals surface area contributed by atoms with Crippen LogP contribution in [0.15, 0.2) is 24.4 Å². The standard InChI is InChI=1S/C19H17Cl2F5N4O3/c1-8-3-10(12-4-11(20)5-13(21)16(12)33-7-14(22)23)6-27-15(8)9(2)28-18(32)30-29-17(31)19(24,25)26/h3-6,9,14H,7H2,1-2H3,(H,29,31)(H2,28,30,32)/t9-/m1/s1. The molecule has 0 aliphatic heterocycles. The third-order valence-corrected chi connectivity index (χ3v) is 4.60. The molecule has 0 spiro atoms. The summed E-state index contributed by atoms with van der Waals surface area (Å²) in [6.07, 6.45) is -6.53. The number of benzene rings is 1. The lowest BCUT2D eigenvalue weighted by molar-refractivity contribution is -0.174. The number of pyridine rings is 1. The van der Waals surface area contributed by atoms with Crippen LogP contribution in [0.2, 0.25) is 10.0 Å². The lowest BCUT2D eigenvalue weighted by Gasteiger charge is -2.18. The summed E-state index contributed by atoms with van der Waals surface area (Å²) in [6.45, 7) is 2.26. The summed E-state index contributed by atoms with van der Waals surface area (Å²) in [5.74, 6) is -2.35. The highest BCUT2D eigenvalue weighted by Crippen LogP contribution is 2.39. The Morgan fingerprint density at radius 3 is 2.39 bits per heavy atom. The first-order chi connectivity index (χ1) is 15.3. The van der Waals surface area contributed by atoms with E-state index in [1.165, 1.54) is 30.7 Å². The van der Waals surface area contributed by atoms with E-state index in [1.807, 2.05) is 0 Å². The Bertz CT molecular complexity index is 1040. The predicted molar refractivity (Wildman–Crippen MR) is 110 cm³/mol. The van der Waals surface area contributed by atoms with Gasteiger partial charge < -0.3 is 10.1 Å². The first kappa shape index (κ1) is 26.4. The third-order valence-electron chi connectivity index (χ3n) is 4.10. The number of nitrogens with one attached hydrogen (secondary N) is 3. The molecule has 2 aromatic rings. The molecular formula is C19H17Cl2F5N4O3. The van der Waals surface area contributed by atoms with Crippen molar-refractivity contribution in [3.8, 4) is 16.9 Å². The van der Waals surface area contributed by atoms with Crippen molar-refractivity contribution in [2.75, 3.05) is 6.61 Å². The van der Waals surface area contributed by atoms with Gasteiger partial charge in [0.2, 0.25) is 0 Å². The van der Waals surface area contributed by atoms with Gasteiger partial charge >= 0.3 is 18.1 Å². The van der Waals surface area contributed by atoms with Gasteiger partial charge in [-0.2, -0.15) is 13.2 Å². The van der Waals surface area contributed by atoms with Gasteiger partial charge in [-0.25, -0.2) is 19.0 Å². The Labute approximate surface area is 194 Å². The fourth-order valence-corrected chi connectivity index (χ4v) is 3.29. The van der Waals surface area contributed by atoms with Gasteiger partial charge in [-0.05, 0) is 37.6 Å². The summed E-state index contributed by atoms with van der Waals surface area (Å²) in [5.41, 5.74) is 4.43. The van der Waals surface area contributed by atoms with Gasteiger partial charge in [-0.3, -0.25) is 15.2 Å². The molecule has 1 atom stereocenters. The summed E-state index contributed by atoms with van der Waals surface area (Å²) in [6, 6.07) is 2.53. The van der Waals surface area contributed by atoms with E-state index < -0.39 is 37.2 Å². The number of rotatable bonds is 6. The Morgan fingerprint density at radius 1 is 1.15 bits per heavy atom. The number of hydrogen-bond donors (Lipinski definition) is 3. The van der Waals surface area contributed by atoms with Gasteiger partial charge in [-0.1, -0.05) is 23.2 Å². The lowest BCUT2D eigenvalue weighted by atomic mass is 10.0. The molecular weight excluding hydrogens is 498 g/mol. The number of aryl methyl sites for hydroxylation is 1. The van der Waals surface area contributed by atoms with Gasteiger partial charge in [0.05, 0.1) is 16.8 Å². The van der Waals surface area contributed by atoms with E-state index in [-0.39, 0.29) is 15.8 Å². The van der Waals surface area contributed by atoms with Gasteiger partial charge in [0.25, 0.3) is 6.43 Å². The highest BCUT2D eigenvalue weighted by atomic mass is 35.5. The van der Waals surface area contributed by atoms with Crippen LogP contribution >= 0.6 is 23.2 Å². The molecule has 3 N–H and O–H groups in total. The summed E-state index contributed by atoms with van der Waals surface area (Å²) in [5, 5.41) is 2.57. The molecule has 1 heterocycles. The van der Waals surface area contributed by atoms with Crippen LogP contribution in [0.3, 0.4) is 0 Å². The second kappa shape index (κ2) is 10.8. The van der Waals surface area contributed by atoms with Crippen LogP contribution in [0.25, 0.3) is 11.1 Å². The van der Waals surface area contributed by atoms with Crippen LogP contribution in [0.1, 0.15) is 24.2 Å². The molecule has 0 bridgehead atoms. The Hall–Kier alpha value is -2.86. The normalized spacial score (nSPS) is 12.3. The first-order valence-electron chi connectivity index (χ1n) is 9.10. The summed E-state index contributed by atoms with van der Waals surface area (Å²) in [4.78, 5) is 26.8. The first-order valence-corrected chi connectivity index (χ1v) is 9.85. The largest absolute Gasteiger partial charge is 0.485 e. The molecule has 0 saturated heterocycles. The molecule has 14 heteroatoms. The molecule has 0 aliphatic rings. The maximum Gasteiger partial charge on any atom is 0.472 e. The number of alkyl halides is 5. The Morgan fingerprint density at radius 2 is 1.82 bits per heavy atom. The van der Waals surface area contributed by atoms with Crippen LogP contribution < -0.4 is 20.9 Å². The molecule has 1 aromatic heterocycles. The van der Waals surface area contributed by atoms with Crippen molar-refractivity contribution < 1.29 is 36.3 Å². The summed E-state index contributed by atoms with van der Waals surface area (Å²) >= 11 is 12.1. The number of urea groups is 1. The zero-order chi connectivity index (χ0) is 24.9. The summed E-state index contributed by atoms with van der Waals surface area (Å²) < 4.78 is 66.8. The van der Waals surface area contributed by atoms with Crippen molar-refractivity contribution in [3.05, 3.63) is 45.7 Å². The van der Waals surface area contributed by atoms with Crippen molar-refractivity contribution in [1.82, 2.24) is 21.2 Å². The molecule has 180 valence electrons. The zero-order valence-corrected chi connectivity index (χ0v) is 18.5. The minimum absolute atomic E-state index is 0.0127. The molecule has 0 saturated carbocycles. The molecule has 0 unspecified atom stereocenters. The van der Waals surface area contributed by atoms with Crippen molar-refractivity contribution in [1.29, 1.82) is 0 Å². The average molecular weight is 515 g/mol.